The van der Waals surface area contributed by atoms with Crippen molar-refractivity contribution in [1.29, 1.82) is 0 Å². The fourth-order valence-electron chi connectivity index (χ4n) is 3.46. The number of halogens is 2. The van der Waals surface area contributed by atoms with E-state index in [9.17, 15) is 13.6 Å². The van der Waals surface area contributed by atoms with E-state index in [4.69, 9.17) is 0 Å². The molecule has 0 spiro atoms. The van der Waals surface area contributed by atoms with E-state index in [-0.39, 0.29) is 5.95 Å². The first-order valence-corrected chi connectivity index (χ1v) is 9.54. The zero-order valence-electron chi connectivity index (χ0n) is 16.9. The van der Waals surface area contributed by atoms with E-state index in [1.54, 1.807) is 12.3 Å². The molecule has 30 heavy (non-hydrogen) atoms. The normalized spacial score (nSPS) is 18.0. The fraction of sp³-hybridized carbons (Fsp3) is 0.421. The lowest BCUT2D eigenvalue weighted by Crippen LogP contribution is -2.50. The van der Waals surface area contributed by atoms with E-state index in [2.05, 4.69) is 49.1 Å². The van der Waals surface area contributed by atoms with Crippen molar-refractivity contribution in [3.05, 3.63) is 30.2 Å². The van der Waals surface area contributed by atoms with Gasteiger partial charge in [0.15, 0.2) is 5.82 Å². The molecule has 1 aliphatic heterocycles. The Morgan fingerprint density at radius 2 is 2.10 bits per heavy atom. The maximum atomic E-state index is 13.8. The average Bonchev–Trinajstić information content (AvgIpc) is 3.09. The van der Waals surface area contributed by atoms with Crippen molar-refractivity contribution in [1.82, 2.24) is 29.6 Å². The van der Waals surface area contributed by atoms with Crippen LogP contribution in [0.2, 0.25) is 0 Å². The van der Waals surface area contributed by atoms with Crippen LogP contribution < -0.4 is 10.2 Å². The van der Waals surface area contributed by atoms with E-state index < -0.39 is 11.6 Å². The molecule has 1 atom stereocenters. The fourth-order valence-corrected chi connectivity index (χ4v) is 3.46. The molecule has 1 fully saturated rings. The lowest BCUT2D eigenvalue weighted by molar-refractivity contribution is -0.105. The van der Waals surface area contributed by atoms with Gasteiger partial charge < -0.3 is 15.1 Å². The number of fused-ring (bicyclic) bond motifs is 1. The van der Waals surface area contributed by atoms with Gasteiger partial charge in [-0.25, -0.2) is 15.0 Å². The van der Waals surface area contributed by atoms with Crippen molar-refractivity contribution in [2.45, 2.75) is 25.8 Å². The standard InChI is InChI=1S/C19H22F2N8O/c1-12-10-28(7-6-27(12)3)17-13-9-23-16(24-11-30)8-14(13)29(26-17)18-22-5-4-15(25-18)19(2,20)21/h4-5,8-9,11-12H,6-7,10H2,1-3H3,(H,23,24,30). The maximum Gasteiger partial charge on any atom is 0.287 e. The number of carbonyl (C=O) groups excluding carboxylic acids is 1. The second-order valence-corrected chi connectivity index (χ2v) is 7.49. The average molecular weight is 416 g/mol. The molecule has 0 radical (unpaired) electrons. The van der Waals surface area contributed by atoms with E-state index in [0.29, 0.717) is 29.6 Å². The van der Waals surface area contributed by atoms with Crippen molar-refractivity contribution in [3.63, 3.8) is 0 Å². The first-order chi connectivity index (χ1) is 14.3. The first kappa shape index (κ1) is 20.1. The predicted molar refractivity (Wildman–Crippen MR) is 108 cm³/mol. The summed E-state index contributed by atoms with van der Waals surface area (Å²) in [4.78, 5) is 27.7. The SMILES string of the molecule is CC1CN(c2nn(-c3nccc(C(C)(F)F)n3)c3cc(NC=O)ncc23)CCN1C. The highest BCUT2D eigenvalue weighted by Crippen LogP contribution is 2.31. The number of aromatic nitrogens is 5. The highest BCUT2D eigenvalue weighted by Gasteiger charge is 2.29. The van der Waals surface area contributed by atoms with Gasteiger partial charge in [-0.3, -0.25) is 4.79 Å². The van der Waals surface area contributed by atoms with Gasteiger partial charge in [0.25, 0.3) is 11.9 Å². The third kappa shape index (κ3) is 3.67. The molecule has 1 saturated heterocycles. The Morgan fingerprint density at radius 3 is 2.80 bits per heavy atom. The minimum absolute atomic E-state index is 0.0238. The Balaban J connectivity index is 1.86. The van der Waals surface area contributed by atoms with Crippen LogP contribution in [-0.2, 0) is 10.7 Å². The van der Waals surface area contributed by atoms with Gasteiger partial charge in [-0.2, -0.15) is 13.5 Å². The molecule has 0 aromatic carbocycles. The smallest absolute Gasteiger partial charge is 0.287 e. The number of alkyl halides is 2. The van der Waals surface area contributed by atoms with Crippen LogP contribution in [0.15, 0.2) is 24.5 Å². The van der Waals surface area contributed by atoms with E-state index in [1.807, 2.05) is 0 Å². The van der Waals surface area contributed by atoms with Crippen molar-refractivity contribution in [2.24, 2.45) is 0 Å². The number of pyridine rings is 1. The molecule has 4 heterocycles. The van der Waals surface area contributed by atoms with Crippen LogP contribution in [0.5, 0.6) is 0 Å². The van der Waals surface area contributed by atoms with Crippen LogP contribution in [0.4, 0.5) is 20.4 Å². The molecule has 1 amide bonds. The van der Waals surface area contributed by atoms with Crippen molar-refractivity contribution < 1.29 is 13.6 Å². The van der Waals surface area contributed by atoms with Gasteiger partial charge in [0.05, 0.1) is 10.9 Å². The molecule has 0 bridgehead atoms. The Hall–Kier alpha value is -3.21. The van der Waals surface area contributed by atoms with Crippen LogP contribution in [0.25, 0.3) is 16.9 Å². The summed E-state index contributed by atoms with van der Waals surface area (Å²) in [5, 5.41) is 7.89. The van der Waals surface area contributed by atoms with Gasteiger partial charge in [-0.05, 0) is 20.0 Å². The molecule has 3 aromatic rings. The molecular weight excluding hydrogens is 394 g/mol. The molecule has 1 aliphatic rings. The molecule has 3 aromatic heterocycles. The Kier molecular flexibility index (Phi) is 5.06. The Labute approximate surface area is 171 Å². The summed E-state index contributed by atoms with van der Waals surface area (Å²) < 4.78 is 29.0. The minimum Gasteiger partial charge on any atom is -0.352 e. The van der Waals surface area contributed by atoms with Gasteiger partial charge in [-0.1, -0.05) is 0 Å². The number of piperazine rings is 1. The summed E-state index contributed by atoms with van der Waals surface area (Å²) in [6.07, 6.45) is 3.42. The van der Waals surface area contributed by atoms with Crippen LogP contribution in [0.3, 0.4) is 0 Å². The molecule has 9 nitrogen and oxygen atoms in total. The van der Waals surface area contributed by atoms with Crippen LogP contribution >= 0.6 is 0 Å². The predicted octanol–water partition coefficient (Wildman–Crippen LogP) is 2.03. The second kappa shape index (κ2) is 7.56. The third-order valence-electron chi connectivity index (χ3n) is 5.29. The second-order valence-electron chi connectivity index (χ2n) is 7.49. The molecule has 0 aliphatic carbocycles. The van der Waals surface area contributed by atoms with Gasteiger partial charge in [0, 0.05) is 51.1 Å². The lowest BCUT2D eigenvalue weighted by Gasteiger charge is -2.37. The summed E-state index contributed by atoms with van der Waals surface area (Å²) in [5.74, 6) is -2.10. The number of rotatable bonds is 5. The third-order valence-corrected chi connectivity index (χ3v) is 5.29. The Bertz CT molecular complexity index is 1080. The topological polar surface area (TPSA) is 92.1 Å². The van der Waals surface area contributed by atoms with Gasteiger partial charge in [0.2, 0.25) is 6.41 Å². The van der Waals surface area contributed by atoms with Crippen LogP contribution in [-0.4, -0.2) is 68.8 Å². The number of nitrogens with zero attached hydrogens (tertiary/aromatic N) is 7. The monoisotopic (exact) mass is 416 g/mol. The summed E-state index contributed by atoms with van der Waals surface area (Å²) >= 11 is 0. The molecule has 4 rings (SSSR count). The highest BCUT2D eigenvalue weighted by molar-refractivity contribution is 5.93. The van der Waals surface area contributed by atoms with Crippen LogP contribution in [0, 0.1) is 0 Å². The Morgan fingerprint density at radius 1 is 1.30 bits per heavy atom. The van der Waals surface area contributed by atoms with Gasteiger partial charge in [-0.15, -0.1) is 5.10 Å². The van der Waals surface area contributed by atoms with Crippen LogP contribution in [0.1, 0.15) is 19.5 Å². The first-order valence-electron chi connectivity index (χ1n) is 9.54. The summed E-state index contributed by atoms with van der Waals surface area (Å²) in [7, 11) is 2.07. The maximum absolute atomic E-state index is 13.8. The number of carbonyl (C=O) groups is 1. The highest BCUT2D eigenvalue weighted by atomic mass is 19.3. The molecule has 1 unspecified atom stereocenters. The largest absolute Gasteiger partial charge is 0.352 e. The molecule has 1 N–H and O–H groups in total. The van der Waals surface area contributed by atoms with Gasteiger partial charge >= 0.3 is 0 Å². The van der Waals surface area contributed by atoms with Crippen molar-refractivity contribution >= 4 is 28.9 Å². The molecule has 158 valence electrons. The zero-order valence-corrected chi connectivity index (χ0v) is 16.9. The molecule has 0 saturated carbocycles. The summed E-state index contributed by atoms with van der Waals surface area (Å²) in [6, 6.07) is 3.13. The zero-order chi connectivity index (χ0) is 21.5. The number of hydrogen-bond acceptors (Lipinski definition) is 7. The van der Waals surface area contributed by atoms with E-state index in [0.717, 1.165) is 31.9 Å². The number of likely N-dealkylation sites (N-methyl/N-ethyl adjacent to an activating group) is 1. The summed E-state index contributed by atoms with van der Waals surface area (Å²) in [6.45, 7) is 5.29. The quantitative estimate of drug-likeness (QED) is 0.636. The van der Waals surface area contributed by atoms with E-state index in [1.165, 1.54) is 16.9 Å². The molecular formula is C19H22F2N8O. The van der Waals surface area contributed by atoms with Gasteiger partial charge in [0.1, 0.15) is 11.5 Å². The molecule has 11 heteroatoms. The number of hydrogen-bond donors (Lipinski definition) is 1. The number of nitrogens with one attached hydrogen (secondary N) is 1. The van der Waals surface area contributed by atoms with Crippen molar-refractivity contribution in [2.75, 3.05) is 36.9 Å². The number of anilines is 2. The van der Waals surface area contributed by atoms with Crippen molar-refractivity contribution in [3.8, 4) is 5.95 Å². The minimum atomic E-state index is -3.11. The summed E-state index contributed by atoms with van der Waals surface area (Å²) in [5.41, 5.74) is 0.165. The number of amides is 1. The lowest BCUT2D eigenvalue weighted by atomic mass is 10.2. The van der Waals surface area contributed by atoms with E-state index >= 15 is 0 Å².